The summed E-state index contributed by atoms with van der Waals surface area (Å²) in [6, 6.07) is 0. The summed E-state index contributed by atoms with van der Waals surface area (Å²) in [4.78, 5) is 72.6. The van der Waals surface area contributed by atoms with Crippen LogP contribution in [0.15, 0.2) is 0 Å². The SMILES string of the molecule is CCCCCCCCCCC(=O)OC[C@H](COP(=O)(O)OC[C@H](O)COP(=O)(O)OC[C@@H](COC(=O)CCCCCCCCCCCCCCCC(C)C)OC(=O)CCCCCCCCCCCCCCCCCCCCC(C)C)OC(=O)CCCCCCCCCC(C)C. The molecule has 0 aliphatic carbocycles. The molecule has 0 heterocycles. The molecular formula is C76H148O17P2. The largest absolute Gasteiger partial charge is 0.472 e. The van der Waals surface area contributed by atoms with E-state index in [0.29, 0.717) is 31.6 Å². The number of hydrogen-bond donors (Lipinski definition) is 3. The summed E-state index contributed by atoms with van der Waals surface area (Å²) in [6.45, 7) is 11.9. The maximum atomic E-state index is 13.1. The van der Waals surface area contributed by atoms with Crippen LogP contribution in [-0.2, 0) is 65.4 Å². The van der Waals surface area contributed by atoms with Gasteiger partial charge in [-0.05, 0) is 43.4 Å². The number of phosphoric acid groups is 2. The van der Waals surface area contributed by atoms with Gasteiger partial charge < -0.3 is 33.8 Å². The van der Waals surface area contributed by atoms with Gasteiger partial charge in [0, 0.05) is 25.7 Å². The zero-order valence-electron chi connectivity index (χ0n) is 62.1. The Morgan fingerprint density at radius 3 is 0.716 bits per heavy atom. The van der Waals surface area contributed by atoms with Gasteiger partial charge in [-0.15, -0.1) is 0 Å². The number of carbonyl (C=O) groups is 4. The van der Waals surface area contributed by atoms with Crippen molar-refractivity contribution < 1.29 is 80.2 Å². The Labute approximate surface area is 581 Å². The van der Waals surface area contributed by atoms with Crippen molar-refractivity contribution in [2.75, 3.05) is 39.6 Å². The van der Waals surface area contributed by atoms with E-state index in [1.807, 2.05) is 0 Å². The number of rotatable bonds is 74. The molecular weight excluding hydrogens is 1250 g/mol. The summed E-state index contributed by atoms with van der Waals surface area (Å²) in [5.74, 6) is 0.184. The third-order valence-corrected chi connectivity index (χ3v) is 19.5. The number of ether oxygens (including phenoxy) is 4. The molecule has 5 atom stereocenters. The number of esters is 4. The first kappa shape index (κ1) is 93.1. The molecule has 0 fully saturated rings. The van der Waals surface area contributed by atoms with Crippen LogP contribution >= 0.6 is 15.6 Å². The summed E-state index contributed by atoms with van der Waals surface area (Å²) in [5.41, 5.74) is 0. The number of aliphatic hydroxyl groups excluding tert-OH is 1. The first-order valence-corrected chi connectivity index (χ1v) is 42.3. The molecule has 0 aliphatic heterocycles. The maximum absolute atomic E-state index is 13.1. The third kappa shape index (κ3) is 70.3. The molecule has 2 unspecified atom stereocenters. The standard InChI is InChI=1S/C76H148O17P2/c1-8-9-10-11-12-36-43-50-57-73(78)86-63-72(93-76(81)60-53-46-39-32-35-42-49-56-69(6)7)66-91-95(84,85)89-62-70(77)61-88-94(82,83)90-65-71(64-87-74(79)58-51-44-37-30-26-23-19-21-25-29-34-41-48-55-68(4)5)92-75(80)59-52-45-38-31-27-22-18-16-14-13-15-17-20-24-28-33-40-47-54-67(2)3/h67-72,77H,8-66H2,1-7H3,(H,82,83)(H,84,85)/t70-,71-,72-/m1/s1. The Morgan fingerprint density at radius 2 is 0.484 bits per heavy atom. The lowest BCUT2D eigenvalue weighted by Gasteiger charge is -2.21. The molecule has 0 spiro atoms. The molecule has 0 radical (unpaired) electrons. The Morgan fingerprint density at radius 1 is 0.284 bits per heavy atom. The van der Waals surface area contributed by atoms with Crippen molar-refractivity contribution in [3.8, 4) is 0 Å². The van der Waals surface area contributed by atoms with E-state index in [1.165, 1.54) is 193 Å². The van der Waals surface area contributed by atoms with E-state index in [-0.39, 0.29) is 25.7 Å². The molecule has 19 heteroatoms. The minimum Gasteiger partial charge on any atom is -0.462 e. The molecule has 17 nitrogen and oxygen atoms in total. The van der Waals surface area contributed by atoms with Crippen molar-refractivity contribution in [1.29, 1.82) is 0 Å². The maximum Gasteiger partial charge on any atom is 0.472 e. The molecule has 564 valence electrons. The second-order valence-electron chi connectivity index (χ2n) is 28.8. The van der Waals surface area contributed by atoms with E-state index in [9.17, 15) is 43.2 Å². The second kappa shape index (κ2) is 66.6. The topological polar surface area (TPSA) is 237 Å². The van der Waals surface area contributed by atoms with Crippen molar-refractivity contribution in [2.45, 2.75) is 407 Å². The van der Waals surface area contributed by atoms with E-state index in [4.69, 9.17) is 37.0 Å². The van der Waals surface area contributed by atoms with Gasteiger partial charge in [0.2, 0.25) is 0 Å². The quantitative estimate of drug-likeness (QED) is 0.0222. The Bertz CT molecular complexity index is 1850. The fraction of sp³-hybridized carbons (Fsp3) is 0.947. The lowest BCUT2D eigenvalue weighted by atomic mass is 10.0. The number of unbranched alkanes of at least 4 members (excludes halogenated alkanes) is 42. The highest BCUT2D eigenvalue weighted by Crippen LogP contribution is 2.45. The van der Waals surface area contributed by atoms with Gasteiger partial charge in [-0.3, -0.25) is 37.3 Å². The van der Waals surface area contributed by atoms with E-state index in [0.717, 1.165) is 108 Å². The first-order chi connectivity index (χ1) is 45.7. The fourth-order valence-corrected chi connectivity index (χ4v) is 13.2. The van der Waals surface area contributed by atoms with Crippen LogP contribution in [-0.4, -0.2) is 96.7 Å². The molecule has 0 saturated heterocycles. The van der Waals surface area contributed by atoms with Crippen LogP contribution in [0.4, 0.5) is 0 Å². The highest BCUT2D eigenvalue weighted by molar-refractivity contribution is 7.47. The molecule has 0 aliphatic rings. The van der Waals surface area contributed by atoms with Crippen LogP contribution in [0.5, 0.6) is 0 Å². The average molecular weight is 1400 g/mol. The number of hydrogen-bond acceptors (Lipinski definition) is 15. The monoisotopic (exact) mass is 1400 g/mol. The van der Waals surface area contributed by atoms with Crippen molar-refractivity contribution in [3.05, 3.63) is 0 Å². The molecule has 0 rings (SSSR count). The van der Waals surface area contributed by atoms with Crippen molar-refractivity contribution in [3.63, 3.8) is 0 Å². The molecule has 95 heavy (non-hydrogen) atoms. The van der Waals surface area contributed by atoms with Crippen molar-refractivity contribution >= 4 is 39.5 Å². The highest BCUT2D eigenvalue weighted by atomic mass is 31.2. The van der Waals surface area contributed by atoms with Gasteiger partial charge in [0.25, 0.3) is 0 Å². The summed E-state index contributed by atoms with van der Waals surface area (Å²) in [6.07, 6.45) is 53.0. The minimum atomic E-state index is -4.96. The molecule has 0 aromatic rings. The van der Waals surface area contributed by atoms with Gasteiger partial charge in [-0.1, -0.05) is 337 Å². The van der Waals surface area contributed by atoms with Gasteiger partial charge in [0.1, 0.15) is 19.3 Å². The van der Waals surface area contributed by atoms with Crippen LogP contribution in [0.2, 0.25) is 0 Å². The normalized spacial score (nSPS) is 14.1. The smallest absolute Gasteiger partial charge is 0.462 e. The van der Waals surface area contributed by atoms with Crippen LogP contribution in [0, 0.1) is 17.8 Å². The summed E-state index contributed by atoms with van der Waals surface area (Å²) >= 11 is 0. The molecule has 0 aromatic carbocycles. The fourth-order valence-electron chi connectivity index (χ4n) is 11.6. The van der Waals surface area contributed by atoms with E-state index in [1.54, 1.807) is 0 Å². The number of phosphoric ester groups is 2. The van der Waals surface area contributed by atoms with Crippen LogP contribution in [0.25, 0.3) is 0 Å². The second-order valence-corrected chi connectivity index (χ2v) is 31.7. The van der Waals surface area contributed by atoms with Crippen molar-refractivity contribution in [2.24, 2.45) is 17.8 Å². The molecule has 0 saturated carbocycles. The summed E-state index contributed by atoms with van der Waals surface area (Å²) < 4.78 is 68.4. The van der Waals surface area contributed by atoms with Gasteiger partial charge >= 0.3 is 39.5 Å². The van der Waals surface area contributed by atoms with Gasteiger partial charge in [0.05, 0.1) is 26.4 Å². The third-order valence-electron chi connectivity index (χ3n) is 17.6. The first-order valence-electron chi connectivity index (χ1n) is 39.3. The van der Waals surface area contributed by atoms with Crippen LogP contribution < -0.4 is 0 Å². The van der Waals surface area contributed by atoms with Crippen molar-refractivity contribution in [1.82, 2.24) is 0 Å². The molecule has 0 bridgehead atoms. The predicted octanol–water partition coefficient (Wildman–Crippen LogP) is 22.2. The lowest BCUT2D eigenvalue weighted by Crippen LogP contribution is -2.30. The zero-order chi connectivity index (χ0) is 70.1. The summed E-state index contributed by atoms with van der Waals surface area (Å²) in [5, 5.41) is 10.6. The van der Waals surface area contributed by atoms with E-state index in [2.05, 4.69) is 48.5 Å². The van der Waals surface area contributed by atoms with Gasteiger partial charge in [0.15, 0.2) is 12.2 Å². The van der Waals surface area contributed by atoms with Gasteiger partial charge in [-0.25, -0.2) is 9.13 Å². The minimum absolute atomic E-state index is 0.103. The Kier molecular flexibility index (Phi) is 65.2. The zero-order valence-corrected chi connectivity index (χ0v) is 63.9. The Hall–Kier alpha value is -1.94. The van der Waals surface area contributed by atoms with Crippen LogP contribution in [0.1, 0.15) is 389 Å². The lowest BCUT2D eigenvalue weighted by molar-refractivity contribution is -0.161. The predicted molar refractivity (Wildman–Crippen MR) is 386 cm³/mol. The average Bonchev–Trinajstić information content (AvgIpc) is 3.42. The molecule has 3 N–H and O–H groups in total. The number of aliphatic hydroxyl groups is 1. The molecule has 0 amide bonds. The van der Waals surface area contributed by atoms with E-state index < -0.39 is 97.5 Å². The highest BCUT2D eigenvalue weighted by Gasteiger charge is 2.30. The molecule has 0 aromatic heterocycles. The van der Waals surface area contributed by atoms with Crippen LogP contribution in [0.3, 0.4) is 0 Å². The number of carbonyl (C=O) groups excluding carboxylic acids is 4. The summed E-state index contributed by atoms with van der Waals surface area (Å²) in [7, 11) is -9.91. The Balaban J connectivity index is 5.17. The van der Waals surface area contributed by atoms with E-state index >= 15 is 0 Å². The van der Waals surface area contributed by atoms with Gasteiger partial charge in [-0.2, -0.15) is 0 Å².